The highest BCUT2D eigenvalue weighted by Gasteiger charge is 2.29. The minimum Gasteiger partial charge on any atom is -0.485 e. The summed E-state index contributed by atoms with van der Waals surface area (Å²) in [5.74, 6) is -2.63. The number of hydrogen-bond acceptors (Lipinski definition) is 8. The van der Waals surface area contributed by atoms with Crippen LogP contribution in [0.25, 0.3) is 22.3 Å². The molecule has 5 aromatic rings. The average Bonchev–Trinajstić information content (AvgIpc) is 3.68. The van der Waals surface area contributed by atoms with E-state index in [0.717, 1.165) is 6.04 Å². The molecule has 1 aliphatic rings. The highest BCUT2D eigenvalue weighted by molar-refractivity contribution is 6.76. The molecule has 52 heavy (non-hydrogen) atoms. The molecule has 14 heteroatoms. The van der Waals surface area contributed by atoms with E-state index < -0.39 is 49.3 Å². The zero-order chi connectivity index (χ0) is 37.2. The molecule has 0 amide bonds. The lowest BCUT2D eigenvalue weighted by molar-refractivity contribution is -0.143. The molecular weight excluding hydrogens is 694 g/mol. The van der Waals surface area contributed by atoms with E-state index >= 15 is 13.2 Å². The first kappa shape index (κ1) is 37.1. The molecule has 2 unspecified atom stereocenters. The Bertz CT molecular complexity index is 2080. The summed E-state index contributed by atoms with van der Waals surface area (Å²) in [5.41, 5.74) is 1.48. The minimum absolute atomic E-state index is 0.0472. The Hall–Kier alpha value is -4.66. The monoisotopic (exact) mass is 736 g/mol. The molecule has 0 aliphatic carbocycles. The number of rotatable bonds is 14. The Labute approximate surface area is 301 Å². The number of hydrogen-bond donors (Lipinski definition) is 1. The molecule has 6 rings (SSSR count). The van der Waals surface area contributed by atoms with Crippen molar-refractivity contribution in [2.75, 3.05) is 19.8 Å². The van der Waals surface area contributed by atoms with Gasteiger partial charge < -0.3 is 28.6 Å². The van der Waals surface area contributed by atoms with Crippen molar-refractivity contribution in [3.63, 3.8) is 0 Å². The number of esters is 1. The largest absolute Gasteiger partial charge is 0.485 e. The van der Waals surface area contributed by atoms with Gasteiger partial charge in [-0.1, -0.05) is 44.8 Å². The first-order valence-electron chi connectivity index (χ1n) is 17.4. The third-order valence-electron chi connectivity index (χ3n) is 8.99. The summed E-state index contributed by atoms with van der Waals surface area (Å²) in [6, 6.07) is 13.4. The molecule has 276 valence electrons. The van der Waals surface area contributed by atoms with E-state index in [1.807, 2.05) is 0 Å². The van der Waals surface area contributed by atoms with Crippen LogP contribution < -0.4 is 9.47 Å². The number of aliphatic hydroxyl groups excluding tert-OH is 1. The van der Waals surface area contributed by atoms with Crippen molar-refractivity contribution in [3.05, 3.63) is 89.1 Å². The number of aryl methyl sites for hydroxylation is 1. The van der Waals surface area contributed by atoms with Gasteiger partial charge in [0.1, 0.15) is 30.2 Å². The Balaban J connectivity index is 1.27. The molecule has 3 heterocycles. The molecule has 1 aliphatic heterocycles. The number of carbonyl (C=O) groups excluding carboxylic acids is 1. The number of aliphatic hydroxyl groups is 1. The third kappa shape index (κ3) is 8.03. The number of aromatic nitrogens is 4. The molecule has 1 N–H and O–H groups in total. The number of benzene rings is 3. The number of ether oxygens (including phenoxy) is 4. The van der Waals surface area contributed by atoms with Crippen LogP contribution in [0.4, 0.5) is 13.2 Å². The van der Waals surface area contributed by atoms with Crippen LogP contribution in [0.3, 0.4) is 0 Å². The van der Waals surface area contributed by atoms with Gasteiger partial charge in [-0.3, -0.25) is 4.79 Å². The third-order valence-corrected chi connectivity index (χ3v) is 10.7. The second-order valence-corrected chi connectivity index (χ2v) is 19.7. The fourth-order valence-corrected chi connectivity index (χ4v) is 6.83. The minimum atomic E-state index is -1.29. The SMILES string of the molecule is CCOC(=O)CCc1cccc(C(C)c2nc3n(n2)CC(CO)Oc2ccc(Oc4c(F)cc5c(ccn5COCC[Si](C)(C)C)c4F)cc2-3)c1F. The summed E-state index contributed by atoms with van der Waals surface area (Å²) in [6.07, 6.45) is 1.20. The van der Waals surface area contributed by atoms with Gasteiger partial charge in [0.15, 0.2) is 29.0 Å². The smallest absolute Gasteiger partial charge is 0.306 e. The predicted octanol–water partition coefficient (Wildman–Crippen LogP) is 7.82. The zero-order valence-corrected chi connectivity index (χ0v) is 30.9. The molecule has 0 saturated carbocycles. The molecule has 0 fully saturated rings. The van der Waals surface area contributed by atoms with Crippen molar-refractivity contribution in [2.45, 2.75) is 77.7 Å². The van der Waals surface area contributed by atoms with Crippen LogP contribution in [-0.4, -0.2) is 64.4 Å². The van der Waals surface area contributed by atoms with Crippen molar-refractivity contribution in [2.24, 2.45) is 0 Å². The first-order valence-corrected chi connectivity index (χ1v) is 21.1. The summed E-state index contributed by atoms with van der Waals surface area (Å²) in [7, 11) is -1.29. The zero-order valence-electron chi connectivity index (χ0n) is 29.9. The first-order chi connectivity index (χ1) is 24.9. The normalized spacial score (nSPS) is 14.8. The Morgan fingerprint density at radius 2 is 1.92 bits per heavy atom. The van der Waals surface area contributed by atoms with Gasteiger partial charge in [0, 0.05) is 44.7 Å². The molecule has 0 radical (unpaired) electrons. The summed E-state index contributed by atoms with van der Waals surface area (Å²) in [4.78, 5) is 16.7. The maximum atomic E-state index is 15.8. The number of fused-ring (bicyclic) bond motifs is 4. The average molecular weight is 737 g/mol. The van der Waals surface area contributed by atoms with Crippen LogP contribution in [0.5, 0.6) is 17.2 Å². The quantitative estimate of drug-likeness (QED) is 0.0699. The van der Waals surface area contributed by atoms with Gasteiger partial charge in [-0.15, -0.1) is 0 Å². The van der Waals surface area contributed by atoms with E-state index in [-0.39, 0.29) is 50.5 Å². The fraction of sp³-hybridized carbons (Fsp3) is 0.395. The van der Waals surface area contributed by atoms with Crippen molar-refractivity contribution >= 4 is 24.9 Å². The molecule has 0 saturated heterocycles. The van der Waals surface area contributed by atoms with Crippen molar-refractivity contribution in [1.82, 2.24) is 19.3 Å². The van der Waals surface area contributed by atoms with Crippen molar-refractivity contribution in [3.8, 4) is 28.6 Å². The van der Waals surface area contributed by atoms with Crippen LogP contribution in [0, 0.1) is 17.5 Å². The highest BCUT2D eigenvalue weighted by atomic mass is 28.3. The molecule has 2 aromatic heterocycles. The lowest BCUT2D eigenvalue weighted by atomic mass is 9.96. The van der Waals surface area contributed by atoms with Gasteiger partial charge in [0.05, 0.1) is 30.8 Å². The predicted molar refractivity (Wildman–Crippen MR) is 192 cm³/mol. The van der Waals surface area contributed by atoms with E-state index in [0.29, 0.717) is 46.2 Å². The van der Waals surface area contributed by atoms with Gasteiger partial charge in [-0.05, 0) is 54.8 Å². The standard InChI is InChI=1S/C38H43F3N4O6Si/c1-6-49-33(47)13-10-24-8-7-9-27(34(24)40)23(2)37-42-38-29-18-25(11-12-32(29)50-26(21-46)20-45(38)43-37)51-36-30(39)19-31-28(35(36)41)14-15-44(31)22-48-16-17-52(3,4)5/h7-9,11-12,14-15,18-19,23,26,46H,6,10,13,16-17,20-22H2,1-5H3. The summed E-state index contributed by atoms with van der Waals surface area (Å²) in [5, 5.41) is 14.9. The van der Waals surface area contributed by atoms with Crippen LogP contribution in [-0.2, 0) is 34.0 Å². The summed E-state index contributed by atoms with van der Waals surface area (Å²) >= 11 is 0. The second-order valence-electron chi connectivity index (χ2n) is 14.1. The van der Waals surface area contributed by atoms with E-state index in [1.165, 1.54) is 12.1 Å². The van der Waals surface area contributed by atoms with Gasteiger partial charge in [0.25, 0.3) is 0 Å². The number of halogens is 3. The molecule has 0 spiro atoms. The van der Waals surface area contributed by atoms with Crippen LogP contribution >= 0.6 is 0 Å². The van der Waals surface area contributed by atoms with Crippen molar-refractivity contribution in [1.29, 1.82) is 0 Å². The highest BCUT2D eigenvalue weighted by Crippen LogP contribution is 2.40. The summed E-state index contributed by atoms with van der Waals surface area (Å²) in [6.45, 7) is 11.1. The van der Waals surface area contributed by atoms with Gasteiger partial charge in [-0.25, -0.2) is 22.8 Å². The fourth-order valence-electron chi connectivity index (χ4n) is 6.07. The number of carbonyl (C=O) groups is 1. The Morgan fingerprint density at radius 1 is 1.12 bits per heavy atom. The van der Waals surface area contributed by atoms with E-state index in [2.05, 4.69) is 24.7 Å². The van der Waals surface area contributed by atoms with E-state index in [9.17, 15) is 9.90 Å². The van der Waals surface area contributed by atoms with Crippen LogP contribution in [0.1, 0.15) is 43.1 Å². The van der Waals surface area contributed by atoms with Gasteiger partial charge in [-0.2, -0.15) is 5.10 Å². The van der Waals surface area contributed by atoms with E-state index in [1.54, 1.807) is 65.7 Å². The lowest BCUT2D eigenvalue weighted by Crippen LogP contribution is -2.26. The molecule has 3 aromatic carbocycles. The topological polar surface area (TPSA) is 110 Å². The Kier molecular flexibility index (Phi) is 11.1. The maximum Gasteiger partial charge on any atom is 0.306 e. The van der Waals surface area contributed by atoms with Crippen LogP contribution in [0.2, 0.25) is 25.7 Å². The molecule has 0 bridgehead atoms. The van der Waals surface area contributed by atoms with Gasteiger partial charge >= 0.3 is 5.97 Å². The maximum absolute atomic E-state index is 15.8. The van der Waals surface area contributed by atoms with Crippen LogP contribution in [0.15, 0.2) is 54.7 Å². The molecule has 2 atom stereocenters. The Morgan fingerprint density at radius 3 is 2.67 bits per heavy atom. The number of nitrogens with zero attached hydrogens (tertiary/aromatic N) is 4. The van der Waals surface area contributed by atoms with E-state index in [4.69, 9.17) is 23.9 Å². The van der Waals surface area contributed by atoms with Gasteiger partial charge in [0.2, 0.25) is 0 Å². The molecule has 10 nitrogen and oxygen atoms in total. The second kappa shape index (κ2) is 15.5. The molecular formula is C38H43F3N4O6Si. The van der Waals surface area contributed by atoms with Crippen molar-refractivity contribution < 1.29 is 42.0 Å². The lowest BCUT2D eigenvalue weighted by Gasteiger charge is -2.16. The summed E-state index contributed by atoms with van der Waals surface area (Å²) < 4.78 is 72.9.